The molecule has 0 heterocycles. The minimum Gasteiger partial charge on any atom is -0.494 e. The predicted octanol–water partition coefficient (Wildman–Crippen LogP) is 2.89. The number of nitrogens with one attached hydrogen (secondary N) is 1. The second-order valence-electron chi connectivity index (χ2n) is 5.34. The van der Waals surface area contributed by atoms with E-state index in [0.29, 0.717) is 30.6 Å². The molecule has 0 aliphatic heterocycles. The van der Waals surface area contributed by atoms with Crippen LogP contribution in [0.2, 0.25) is 0 Å². The summed E-state index contributed by atoms with van der Waals surface area (Å²) in [7, 11) is 3.18. The molecule has 3 nitrogen and oxygen atoms in total. The van der Waals surface area contributed by atoms with Gasteiger partial charge in [-0.15, -0.1) is 0 Å². The summed E-state index contributed by atoms with van der Waals surface area (Å²) in [5.74, 6) is 0.944. The Morgan fingerprint density at radius 1 is 1.25 bits per heavy atom. The van der Waals surface area contributed by atoms with Crippen LogP contribution in [0.15, 0.2) is 18.2 Å². The van der Waals surface area contributed by atoms with E-state index in [9.17, 15) is 4.39 Å². The Hall–Kier alpha value is -1.13. The first-order valence-electron chi connectivity index (χ1n) is 7.11. The van der Waals surface area contributed by atoms with E-state index < -0.39 is 0 Å². The zero-order valence-electron chi connectivity index (χ0n) is 12.9. The number of hydrogen-bond donors (Lipinski definition) is 1. The van der Waals surface area contributed by atoms with Crippen molar-refractivity contribution < 1.29 is 13.9 Å². The maximum Gasteiger partial charge on any atom is 0.168 e. The van der Waals surface area contributed by atoms with E-state index in [-0.39, 0.29) is 5.82 Å². The van der Waals surface area contributed by atoms with Gasteiger partial charge in [0.05, 0.1) is 13.7 Å². The monoisotopic (exact) mass is 283 g/mol. The highest BCUT2D eigenvalue weighted by Gasteiger charge is 2.17. The highest BCUT2D eigenvalue weighted by Crippen LogP contribution is 2.24. The third-order valence-electron chi connectivity index (χ3n) is 3.58. The first-order chi connectivity index (χ1) is 9.60. The lowest BCUT2D eigenvalue weighted by atomic mass is 9.89. The molecule has 0 spiro atoms. The maximum atomic E-state index is 14.2. The number of halogens is 1. The fourth-order valence-electron chi connectivity index (χ4n) is 2.16. The first kappa shape index (κ1) is 16.9. The maximum absolute atomic E-state index is 14.2. The predicted molar refractivity (Wildman–Crippen MR) is 79.7 cm³/mol. The van der Waals surface area contributed by atoms with Crippen LogP contribution in [-0.4, -0.2) is 33.9 Å². The number of hydrogen-bond acceptors (Lipinski definition) is 3. The molecule has 114 valence electrons. The van der Waals surface area contributed by atoms with Crippen LogP contribution in [0.1, 0.15) is 19.4 Å². The molecule has 0 amide bonds. The van der Waals surface area contributed by atoms with Gasteiger partial charge in [-0.3, -0.25) is 0 Å². The van der Waals surface area contributed by atoms with Gasteiger partial charge in [-0.1, -0.05) is 26.0 Å². The summed E-state index contributed by atoms with van der Waals surface area (Å²) >= 11 is 0. The zero-order chi connectivity index (χ0) is 15.0. The highest BCUT2D eigenvalue weighted by atomic mass is 19.1. The standard InChI is InChI=1S/C16H26FNO2/c1-12(2)14(11-18-8-9-19-3)10-13-6-5-7-15(20-4)16(13)17/h5-7,12,14,18H,8-11H2,1-4H3. The third kappa shape index (κ3) is 5.10. The van der Waals surface area contributed by atoms with Crippen LogP contribution in [-0.2, 0) is 11.2 Å². The van der Waals surface area contributed by atoms with Crippen molar-refractivity contribution in [1.29, 1.82) is 0 Å². The lowest BCUT2D eigenvalue weighted by Gasteiger charge is -2.22. The van der Waals surface area contributed by atoms with Gasteiger partial charge in [0.1, 0.15) is 0 Å². The van der Waals surface area contributed by atoms with Crippen LogP contribution in [0.3, 0.4) is 0 Å². The van der Waals surface area contributed by atoms with Gasteiger partial charge in [0.2, 0.25) is 0 Å². The van der Waals surface area contributed by atoms with Crippen molar-refractivity contribution in [3.63, 3.8) is 0 Å². The van der Waals surface area contributed by atoms with Crippen molar-refractivity contribution >= 4 is 0 Å². The average molecular weight is 283 g/mol. The van der Waals surface area contributed by atoms with Crippen molar-refractivity contribution in [3.8, 4) is 5.75 Å². The minimum absolute atomic E-state index is 0.238. The van der Waals surface area contributed by atoms with Gasteiger partial charge >= 0.3 is 0 Å². The van der Waals surface area contributed by atoms with E-state index in [0.717, 1.165) is 18.7 Å². The summed E-state index contributed by atoms with van der Waals surface area (Å²) in [6.45, 7) is 6.71. The van der Waals surface area contributed by atoms with Gasteiger partial charge in [0.25, 0.3) is 0 Å². The van der Waals surface area contributed by atoms with E-state index in [4.69, 9.17) is 9.47 Å². The van der Waals surface area contributed by atoms with Gasteiger partial charge < -0.3 is 14.8 Å². The van der Waals surface area contributed by atoms with E-state index >= 15 is 0 Å². The summed E-state index contributed by atoms with van der Waals surface area (Å²) in [5.41, 5.74) is 0.719. The highest BCUT2D eigenvalue weighted by molar-refractivity contribution is 5.31. The normalized spacial score (nSPS) is 12.7. The molecule has 20 heavy (non-hydrogen) atoms. The largest absolute Gasteiger partial charge is 0.494 e. The minimum atomic E-state index is -0.238. The van der Waals surface area contributed by atoms with Gasteiger partial charge in [0.15, 0.2) is 11.6 Å². The molecule has 1 N–H and O–H groups in total. The van der Waals surface area contributed by atoms with Crippen LogP contribution in [0.25, 0.3) is 0 Å². The van der Waals surface area contributed by atoms with E-state index in [2.05, 4.69) is 19.2 Å². The van der Waals surface area contributed by atoms with Crippen molar-refractivity contribution in [2.24, 2.45) is 11.8 Å². The fraction of sp³-hybridized carbons (Fsp3) is 0.625. The first-order valence-corrected chi connectivity index (χ1v) is 7.11. The van der Waals surface area contributed by atoms with Crippen LogP contribution in [0.4, 0.5) is 4.39 Å². The Labute approximate surface area is 121 Å². The van der Waals surface area contributed by atoms with Gasteiger partial charge in [-0.2, -0.15) is 0 Å². The van der Waals surface area contributed by atoms with Gasteiger partial charge in [-0.05, 0) is 36.4 Å². The molecule has 0 bridgehead atoms. The average Bonchev–Trinajstić information content (AvgIpc) is 2.43. The molecule has 0 radical (unpaired) electrons. The molecular formula is C16H26FNO2. The summed E-state index contributed by atoms with van der Waals surface area (Å²) in [4.78, 5) is 0. The molecule has 1 aromatic carbocycles. The molecule has 0 aliphatic carbocycles. The summed E-state index contributed by atoms with van der Waals surface area (Å²) < 4.78 is 24.2. The molecule has 0 saturated heterocycles. The Morgan fingerprint density at radius 3 is 2.60 bits per heavy atom. The summed E-state index contributed by atoms with van der Waals surface area (Å²) in [6, 6.07) is 5.33. The molecule has 1 atom stereocenters. The van der Waals surface area contributed by atoms with E-state index in [1.807, 2.05) is 12.1 Å². The molecule has 4 heteroatoms. The second-order valence-corrected chi connectivity index (χ2v) is 5.34. The smallest absolute Gasteiger partial charge is 0.168 e. The number of methoxy groups -OCH3 is 2. The summed E-state index contributed by atoms with van der Waals surface area (Å²) in [5, 5.41) is 3.36. The van der Waals surface area contributed by atoms with E-state index in [1.54, 1.807) is 13.2 Å². The molecular weight excluding hydrogens is 257 g/mol. The molecule has 0 saturated carbocycles. The SMILES string of the molecule is COCCNCC(Cc1cccc(OC)c1F)C(C)C. The molecule has 0 aromatic heterocycles. The van der Waals surface area contributed by atoms with Crippen molar-refractivity contribution in [1.82, 2.24) is 5.32 Å². The molecule has 0 aliphatic rings. The number of rotatable bonds is 9. The zero-order valence-corrected chi connectivity index (χ0v) is 12.9. The van der Waals surface area contributed by atoms with Crippen LogP contribution in [0, 0.1) is 17.7 Å². The Kier molecular flexibility index (Phi) is 7.55. The Morgan fingerprint density at radius 2 is 2.00 bits per heavy atom. The van der Waals surface area contributed by atoms with Gasteiger partial charge in [0, 0.05) is 13.7 Å². The summed E-state index contributed by atoms with van der Waals surface area (Å²) in [6.07, 6.45) is 0.709. The van der Waals surface area contributed by atoms with Crippen molar-refractivity contribution in [2.45, 2.75) is 20.3 Å². The topological polar surface area (TPSA) is 30.5 Å². The molecule has 1 rings (SSSR count). The number of ether oxygens (including phenoxy) is 2. The second kappa shape index (κ2) is 8.93. The molecule has 1 unspecified atom stereocenters. The van der Waals surface area contributed by atoms with Crippen molar-refractivity contribution in [2.75, 3.05) is 33.9 Å². The number of benzene rings is 1. The van der Waals surface area contributed by atoms with Crippen molar-refractivity contribution in [3.05, 3.63) is 29.6 Å². The van der Waals surface area contributed by atoms with Gasteiger partial charge in [-0.25, -0.2) is 4.39 Å². The molecule has 0 fully saturated rings. The quantitative estimate of drug-likeness (QED) is 0.707. The lowest BCUT2D eigenvalue weighted by Crippen LogP contribution is -2.30. The fourth-order valence-corrected chi connectivity index (χ4v) is 2.16. The van der Waals surface area contributed by atoms with Crippen LogP contribution < -0.4 is 10.1 Å². The van der Waals surface area contributed by atoms with Crippen LogP contribution in [0.5, 0.6) is 5.75 Å². The lowest BCUT2D eigenvalue weighted by molar-refractivity contribution is 0.196. The molecule has 1 aromatic rings. The Bertz CT molecular complexity index is 396. The third-order valence-corrected chi connectivity index (χ3v) is 3.58. The van der Waals surface area contributed by atoms with E-state index in [1.165, 1.54) is 7.11 Å². The Balaban J connectivity index is 2.65. The van der Waals surface area contributed by atoms with Crippen LogP contribution >= 0.6 is 0 Å².